The third-order valence-corrected chi connectivity index (χ3v) is 3.72. The SMILES string of the molecule is COc1ccc(C(=O)Cc2ccccc2)c(C#CC2CC2)c1. The Morgan fingerprint density at radius 1 is 1.18 bits per heavy atom. The summed E-state index contributed by atoms with van der Waals surface area (Å²) in [5.74, 6) is 7.72. The van der Waals surface area contributed by atoms with Crippen LogP contribution in [0.2, 0.25) is 0 Å². The summed E-state index contributed by atoms with van der Waals surface area (Å²) < 4.78 is 5.25. The Morgan fingerprint density at radius 3 is 2.64 bits per heavy atom. The summed E-state index contributed by atoms with van der Waals surface area (Å²) >= 11 is 0. The lowest BCUT2D eigenvalue weighted by molar-refractivity contribution is 0.0992. The van der Waals surface area contributed by atoms with Crippen molar-refractivity contribution < 1.29 is 9.53 Å². The number of benzene rings is 2. The van der Waals surface area contributed by atoms with Gasteiger partial charge in [-0.15, -0.1) is 0 Å². The van der Waals surface area contributed by atoms with Crippen LogP contribution in [0.25, 0.3) is 0 Å². The van der Waals surface area contributed by atoms with E-state index in [9.17, 15) is 4.79 Å². The molecule has 0 radical (unpaired) electrons. The van der Waals surface area contributed by atoms with Crippen molar-refractivity contribution in [2.75, 3.05) is 7.11 Å². The second-order valence-corrected chi connectivity index (χ2v) is 5.54. The van der Waals surface area contributed by atoms with E-state index in [4.69, 9.17) is 4.74 Å². The van der Waals surface area contributed by atoms with Gasteiger partial charge in [0.05, 0.1) is 7.11 Å². The van der Waals surface area contributed by atoms with Crippen molar-refractivity contribution in [2.45, 2.75) is 19.3 Å². The van der Waals surface area contributed by atoms with E-state index >= 15 is 0 Å². The highest BCUT2D eigenvalue weighted by molar-refractivity contribution is 6.00. The van der Waals surface area contributed by atoms with Crippen molar-refractivity contribution >= 4 is 5.78 Å². The molecule has 0 heterocycles. The fourth-order valence-corrected chi connectivity index (χ4v) is 2.28. The van der Waals surface area contributed by atoms with Crippen LogP contribution in [-0.2, 0) is 6.42 Å². The molecule has 3 rings (SSSR count). The summed E-state index contributed by atoms with van der Waals surface area (Å²) in [6, 6.07) is 15.3. The van der Waals surface area contributed by atoms with E-state index in [2.05, 4.69) is 11.8 Å². The minimum Gasteiger partial charge on any atom is -0.497 e. The number of carbonyl (C=O) groups excluding carboxylic acids is 1. The van der Waals surface area contributed by atoms with E-state index in [0.717, 1.165) is 16.9 Å². The Hall–Kier alpha value is -2.53. The molecule has 0 bridgehead atoms. The summed E-state index contributed by atoms with van der Waals surface area (Å²) in [5.41, 5.74) is 2.47. The summed E-state index contributed by atoms with van der Waals surface area (Å²) in [5, 5.41) is 0. The van der Waals surface area contributed by atoms with Crippen molar-refractivity contribution in [3.8, 4) is 17.6 Å². The van der Waals surface area contributed by atoms with Crippen LogP contribution in [0.15, 0.2) is 48.5 Å². The quantitative estimate of drug-likeness (QED) is 0.631. The Kier molecular flexibility index (Phi) is 4.25. The van der Waals surface area contributed by atoms with Crippen LogP contribution in [0.1, 0.15) is 34.3 Å². The van der Waals surface area contributed by atoms with Gasteiger partial charge in [-0.3, -0.25) is 4.79 Å². The molecule has 0 amide bonds. The molecule has 0 N–H and O–H groups in total. The molecule has 1 aliphatic rings. The first kappa shape index (κ1) is 14.4. The maximum absolute atomic E-state index is 12.6. The number of methoxy groups -OCH3 is 1. The Balaban J connectivity index is 1.88. The number of carbonyl (C=O) groups is 1. The van der Waals surface area contributed by atoms with Gasteiger partial charge in [-0.2, -0.15) is 0 Å². The van der Waals surface area contributed by atoms with E-state index in [0.29, 0.717) is 17.9 Å². The third-order valence-electron chi connectivity index (χ3n) is 3.72. The lowest BCUT2D eigenvalue weighted by Crippen LogP contribution is -2.06. The third kappa shape index (κ3) is 3.56. The van der Waals surface area contributed by atoms with Gasteiger partial charge in [-0.05, 0) is 36.6 Å². The number of ether oxygens (including phenoxy) is 1. The maximum atomic E-state index is 12.6. The first-order valence-electron chi connectivity index (χ1n) is 7.53. The fraction of sp³-hybridized carbons (Fsp3) is 0.250. The molecule has 1 aliphatic carbocycles. The van der Waals surface area contributed by atoms with Gasteiger partial charge >= 0.3 is 0 Å². The van der Waals surface area contributed by atoms with Crippen molar-refractivity contribution in [2.24, 2.45) is 5.92 Å². The van der Waals surface area contributed by atoms with Crippen LogP contribution in [0, 0.1) is 17.8 Å². The Bertz CT molecular complexity index is 731. The summed E-state index contributed by atoms with van der Waals surface area (Å²) in [4.78, 5) is 12.6. The average Bonchev–Trinajstić information content (AvgIpc) is 3.38. The lowest BCUT2D eigenvalue weighted by Gasteiger charge is -2.07. The molecule has 0 saturated heterocycles. The molecule has 2 aromatic carbocycles. The highest BCUT2D eigenvalue weighted by Crippen LogP contribution is 2.28. The molecular weight excluding hydrogens is 272 g/mol. The van der Waals surface area contributed by atoms with Crippen LogP contribution >= 0.6 is 0 Å². The molecule has 110 valence electrons. The second-order valence-electron chi connectivity index (χ2n) is 5.54. The number of hydrogen-bond donors (Lipinski definition) is 0. The van der Waals surface area contributed by atoms with Gasteiger partial charge in [0.25, 0.3) is 0 Å². The highest BCUT2D eigenvalue weighted by Gasteiger charge is 2.18. The molecule has 22 heavy (non-hydrogen) atoms. The van der Waals surface area contributed by atoms with E-state index in [1.807, 2.05) is 48.5 Å². The second kappa shape index (κ2) is 6.49. The minimum absolute atomic E-state index is 0.0916. The highest BCUT2D eigenvalue weighted by atomic mass is 16.5. The van der Waals surface area contributed by atoms with Crippen molar-refractivity contribution in [3.05, 3.63) is 65.2 Å². The van der Waals surface area contributed by atoms with E-state index in [1.54, 1.807) is 7.11 Å². The van der Waals surface area contributed by atoms with Crippen LogP contribution in [0.3, 0.4) is 0 Å². The summed E-state index contributed by atoms with van der Waals surface area (Å²) in [6.07, 6.45) is 2.74. The topological polar surface area (TPSA) is 26.3 Å². The molecule has 0 atom stereocenters. The Morgan fingerprint density at radius 2 is 1.95 bits per heavy atom. The van der Waals surface area contributed by atoms with Gasteiger partial charge in [0.15, 0.2) is 5.78 Å². The average molecular weight is 290 g/mol. The van der Waals surface area contributed by atoms with Crippen molar-refractivity contribution in [3.63, 3.8) is 0 Å². The molecule has 0 aliphatic heterocycles. The largest absolute Gasteiger partial charge is 0.497 e. The zero-order valence-corrected chi connectivity index (χ0v) is 12.6. The molecule has 0 spiro atoms. The molecule has 0 aromatic heterocycles. The first-order chi connectivity index (χ1) is 10.8. The monoisotopic (exact) mass is 290 g/mol. The van der Waals surface area contributed by atoms with Crippen molar-refractivity contribution in [1.29, 1.82) is 0 Å². The molecule has 1 saturated carbocycles. The lowest BCUT2D eigenvalue weighted by atomic mass is 9.98. The summed E-state index contributed by atoms with van der Waals surface area (Å²) in [7, 11) is 1.62. The maximum Gasteiger partial charge on any atom is 0.168 e. The van der Waals surface area contributed by atoms with Gasteiger partial charge in [0.2, 0.25) is 0 Å². The van der Waals surface area contributed by atoms with E-state index in [1.165, 1.54) is 12.8 Å². The van der Waals surface area contributed by atoms with Gasteiger partial charge in [-0.25, -0.2) is 0 Å². The van der Waals surface area contributed by atoms with Gasteiger partial charge in [-0.1, -0.05) is 42.2 Å². The van der Waals surface area contributed by atoms with Crippen LogP contribution in [0.4, 0.5) is 0 Å². The number of rotatable bonds is 4. The Labute approximate surface area is 131 Å². The van der Waals surface area contributed by atoms with Gasteiger partial charge in [0, 0.05) is 23.5 Å². The van der Waals surface area contributed by atoms with Crippen LogP contribution in [0.5, 0.6) is 5.75 Å². The number of Topliss-reactive ketones (excluding diaryl/α,β-unsaturated/α-hetero) is 1. The molecule has 2 nitrogen and oxygen atoms in total. The minimum atomic E-state index is 0.0916. The molecule has 1 fully saturated rings. The van der Waals surface area contributed by atoms with Crippen LogP contribution in [-0.4, -0.2) is 12.9 Å². The summed E-state index contributed by atoms with van der Waals surface area (Å²) in [6.45, 7) is 0. The molecular formula is C20H18O2. The predicted octanol–water partition coefficient (Wildman–Crippen LogP) is 3.88. The van der Waals surface area contributed by atoms with E-state index in [-0.39, 0.29) is 5.78 Å². The van der Waals surface area contributed by atoms with Gasteiger partial charge in [0.1, 0.15) is 5.75 Å². The first-order valence-corrected chi connectivity index (χ1v) is 7.53. The molecule has 0 unspecified atom stereocenters. The fourth-order valence-electron chi connectivity index (χ4n) is 2.28. The van der Waals surface area contributed by atoms with Crippen LogP contribution < -0.4 is 4.74 Å². The normalized spacial score (nSPS) is 13.1. The van der Waals surface area contributed by atoms with E-state index < -0.39 is 0 Å². The predicted molar refractivity (Wildman–Crippen MR) is 87.1 cm³/mol. The molecule has 2 heteroatoms. The zero-order chi connectivity index (χ0) is 15.4. The molecule has 2 aromatic rings. The van der Waals surface area contributed by atoms with Gasteiger partial charge < -0.3 is 4.74 Å². The van der Waals surface area contributed by atoms with Crippen molar-refractivity contribution in [1.82, 2.24) is 0 Å². The smallest absolute Gasteiger partial charge is 0.168 e. The standard InChI is InChI=1S/C20H18O2/c1-22-18-11-12-19(17(14-18)10-9-15-7-8-15)20(21)13-16-5-3-2-4-6-16/h2-6,11-12,14-15H,7-8,13H2,1H3. The number of hydrogen-bond acceptors (Lipinski definition) is 2. The number of ketones is 1. The zero-order valence-electron chi connectivity index (χ0n) is 12.6.